The fraction of sp³-hybridized carbons (Fsp3) is 0.0556. The Labute approximate surface area is 160 Å². The number of carbonyl (C=O) groups is 2. The smallest absolute Gasteiger partial charge is 0.338 e. The number of esters is 1. The minimum absolute atomic E-state index is 0.0303. The number of aromatic nitrogens is 1. The van der Waals surface area contributed by atoms with Gasteiger partial charge in [0, 0.05) is 16.1 Å². The lowest BCUT2D eigenvalue weighted by molar-refractivity contribution is -0.119. The largest absolute Gasteiger partial charge is 0.452 e. The van der Waals surface area contributed by atoms with Gasteiger partial charge in [-0.1, -0.05) is 12.1 Å². The van der Waals surface area contributed by atoms with Crippen molar-refractivity contribution >= 4 is 33.5 Å². The van der Waals surface area contributed by atoms with Crippen molar-refractivity contribution in [3.05, 3.63) is 70.7 Å². The number of ether oxygens (including phenoxy) is 1. The van der Waals surface area contributed by atoms with Crippen molar-refractivity contribution in [1.82, 2.24) is 4.98 Å². The highest BCUT2D eigenvalue weighted by molar-refractivity contribution is 9.10. The summed E-state index contributed by atoms with van der Waals surface area (Å²) in [5.41, 5.74) is 0.701. The topological polar surface area (TPSA) is 81.4 Å². The van der Waals surface area contributed by atoms with E-state index in [2.05, 4.69) is 26.2 Å². The lowest BCUT2D eigenvalue weighted by Crippen LogP contribution is -2.21. The average molecular weight is 437 g/mol. The lowest BCUT2D eigenvalue weighted by Gasteiger charge is -2.09. The first kappa shape index (κ1) is 18.7. The van der Waals surface area contributed by atoms with E-state index >= 15 is 0 Å². The summed E-state index contributed by atoms with van der Waals surface area (Å²) in [5, 5.41) is 2.22. The number of benzene rings is 2. The Balaban J connectivity index is 1.58. The van der Waals surface area contributed by atoms with Crippen LogP contribution in [0.1, 0.15) is 10.4 Å². The first-order valence-electron chi connectivity index (χ1n) is 7.54. The highest BCUT2D eigenvalue weighted by atomic mass is 79.9. The summed E-state index contributed by atoms with van der Waals surface area (Å²) in [4.78, 5) is 27.7. The van der Waals surface area contributed by atoms with Gasteiger partial charge in [-0.2, -0.15) is 0 Å². The molecule has 1 aromatic heterocycles. The number of carbonyl (C=O) groups excluding carboxylic acids is 2. The summed E-state index contributed by atoms with van der Waals surface area (Å²) in [6.45, 7) is -0.633. The molecule has 0 spiro atoms. The molecule has 3 rings (SSSR count). The number of hydrogen-bond acceptors (Lipinski definition) is 5. The number of nitrogens with zero attached hydrogens (tertiary/aromatic N) is 1. The van der Waals surface area contributed by atoms with Gasteiger partial charge in [0.2, 0.25) is 0 Å². The van der Waals surface area contributed by atoms with Gasteiger partial charge in [-0.05, 0) is 34.1 Å². The molecule has 138 valence electrons. The first-order valence-corrected chi connectivity index (χ1v) is 8.34. The third kappa shape index (κ3) is 4.56. The minimum atomic E-state index is -0.954. The van der Waals surface area contributed by atoms with Gasteiger partial charge in [0.25, 0.3) is 5.91 Å². The molecular formula is C18H11BrF2N2O4. The third-order valence-corrected chi connectivity index (χ3v) is 4.07. The zero-order valence-electron chi connectivity index (χ0n) is 13.5. The average Bonchev–Trinajstić information content (AvgIpc) is 3.17. The first-order chi connectivity index (χ1) is 12.9. The second-order valence-electron chi connectivity index (χ2n) is 5.31. The summed E-state index contributed by atoms with van der Waals surface area (Å²) in [6, 6.07) is 7.93. The Morgan fingerprint density at radius 3 is 2.56 bits per heavy atom. The maximum Gasteiger partial charge on any atom is 0.338 e. The van der Waals surface area contributed by atoms with Crippen LogP contribution in [0, 0.1) is 11.6 Å². The highest BCUT2D eigenvalue weighted by Gasteiger charge is 2.15. The van der Waals surface area contributed by atoms with E-state index in [4.69, 9.17) is 9.15 Å². The highest BCUT2D eigenvalue weighted by Crippen LogP contribution is 2.26. The van der Waals surface area contributed by atoms with Crippen molar-refractivity contribution in [2.45, 2.75) is 0 Å². The maximum atomic E-state index is 13.7. The Kier molecular flexibility index (Phi) is 5.60. The lowest BCUT2D eigenvalue weighted by atomic mass is 10.1. The van der Waals surface area contributed by atoms with E-state index < -0.39 is 30.1 Å². The summed E-state index contributed by atoms with van der Waals surface area (Å²) >= 11 is 2.95. The van der Waals surface area contributed by atoms with Crippen LogP contribution in [-0.4, -0.2) is 23.5 Å². The molecule has 1 heterocycles. The van der Waals surface area contributed by atoms with Crippen molar-refractivity contribution < 1.29 is 27.5 Å². The van der Waals surface area contributed by atoms with E-state index in [1.54, 1.807) is 12.1 Å². The Bertz CT molecular complexity index is 953. The van der Waals surface area contributed by atoms with E-state index in [9.17, 15) is 18.4 Å². The predicted octanol–water partition coefficient (Wildman–Crippen LogP) is 4.18. The standard InChI is InChI=1S/C18H11BrF2N2O4/c19-13-5-12(20)6-14(21)17(13)23-16(24)8-26-18(25)11-3-1-10(2-4-11)15-7-22-9-27-15/h1-7,9H,8H2,(H,23,24). The van der Waals surface area contributed by atoms with E-state index in [0.717, 1.165) is 11.6 Å². The van der Waals surface area contributed by atoms with Crippen LogP contribution in [0.15, 0.2) is 57.9 Å². The summed E-state index contributed by atoms with van der Waals surface area (Å²) in [6.07, 6.45) is 2.82. The second-order valence-corrected chi connectivity index (χ2v) is 6.17. The van der Waals surface area contributed by atoms with Gasteiger partial charge >= 0.3 is 5.97 Å². The molecule has 2 aromatic carbocycles. The molecule has 6 nitrogen and oxygen atoms in total. The molecule has 0 fully saturated rings. The molecule has 0 aliphatic heterocycles. The molecule has 0 aliphatic rings. The number of nitrogens with one attached hydrogen (secondary N) is 1. The van der Waals surface area contributed by atoms with E-state index in [1.165, 1.54) is 24.7 Å². The van der Waals surface area contributed by atoms with Gasteiger partial charge in [-0.3, -0.25) is 4.79 Å². The maximum absolute atomic E-state index is 13.7. The van der Waals surface area contributed by atoms with Crippen molar-refractivity contribution in [3.63, 3.8) is 0 Å². The predicted molar refractivity (Wildman–Crippen MR) is 94.9 cm³/mol. The quantitative estimate of drug-likeness (QED) is 0.606. The molecule has 1 N–H and O–H groups in total. The van der Waals surface area contributed by atoms with E-state index in [-0.39, 0.29) is 15.7 Å². The molecule has 0 aliphatic carbocycles. The van der Waals surface area contributed by atoms with Gasteiger partial charge < -0.3 is 14.5 Å². The SMILES string of the molecule is O=C(COC(=O)c1ccc(-c2cnco2)cc1)Nc1c(F)cc(F)cc1Br. The van der Waals surface area contributed by atoms with E-state index in [0.29, 0.717) is 11.8 Å². The number of amides is 1. The Hall–Kier alpha value is -3.07. The van der Waals surface area contributed by atoms with Crippen LogP contribution in [0.2, 0.25) is 0 Å². The molecule has 0 radical (unpaired) electrons. The van der Waals surface area contributed by atoms with Crippen molar-refractivity contribution in [2.75, 3.05) is 11.9 Å². The molecule has 3 aromatic rings. The number of hydrogen-bond donors (Lipinski definition) is 1. The van der Waals surface area contributed by atoms with Crippen LogP contribution < -0.4 is 5.32 Å². The molecule has 9 heteroatoms. The van der Waals surface area contributed by atoms with Gasteiger partial charge in [0.1, 0.15) is 5.82 Å². The Morgan fingerprint density at radius 1 is 1.19 bits per heavy atom. The zero-order chi connectivity index (χ0) is 19.4. The molecule has 27 heavy (non-hydrogen) atoms. The van der Waals surface area contributed by atoms with E-state index in [1.807, 2.05) is 0 Å². The van der Waals surface area contributed by atoms with Crippen LogP contribution in [-0.2, 0) is 9.53 Å². The monoisotopic (exact) mass is 436 g/mol. The second kappa shape index (κ2) is 8.09. The van der Waals surface area contributed by atoms with Crippen molar-refractivity contribution in [3.8, 4) is 11.3 Å². The van der Waals surface area contributed by atoms with Crippen LogP contribution in [0.25, 0.3) is 11.3 Å². The van der Waals surface area contributed by atoms with Gasteiger partial charge in [-0.15, -0.1) is 0 Å². The Morgan fingerprint density at radius 2 is 1.93 bits per heavy atom. The number of oxazole rings is 1. The number of halogens is 3. The normalized spacial score (nSPS) is 10.5. The summed E-state index contributed by atoms with van der Waals surface area (Å²) in [7, 11) is 0. The van der Waals surface area contributed by atoms with Crippen LogP contribution in [0.4, 0.5) is 14.5 Å². The van der Waals surface area contributed by atoms with Gasteiger partial charge in [0.15, 0.2) is 24.6 Å². The van der Waals surface area contributed by atoms with Crippen LogP contribution in [0.3, 0.4) is 0 Å². The van der Waals surface area contributed by atoms with Crippen LogP contribution >= 0.6 is 15.9 Å². The third-order valence-electron chi connectivity index (χ3n) is 3.44. The zero-order valence-corrected chi connectivity index (χ0v) is 15.1. The molecule has 0 saturated carbocycles. The minimum Gasteiger partial charge on any atom is -0.452 e. The van der Waals surface area contributed by atoms with Crippen LogP contribution in [0.5, 0.6) is 0 Å². The number of rotatable bonds is 5. The summed E-state index contributed by atoms with van der Waals surface area (Å²) in [5.74, 6) is -2.70. The molecule has 0 atom stereocenters. The van der Waals surface area contributed by atoms with Crippen molar-refractivity contribution in [2.24, 2.45) is 0 Å². The molecule has 1 amide bonds. The van der Waals surface area contributed by atoms with Gasteiger partial charge in [-0.25, -0.2) is 18.6 Å². The fourth-order valence-electron chi connectivity index (χ4n) is 2.18. The molecule has 0 bridgehead atoms. The van der Waals surface area contributed by atoms with Gasteiger partial charge in [0.05, 0.1) is 17.4 Å². The molecule has 0 saturated heterocycles. The van der Waals surface area contributed by atoms with Crippen molar-refractivity contribution in [1.29, 1.82) is 0 Å². The fourth-order valence-corrected chi connectivity index (χ4v) is 2.69. The molecule has 0 unspecified atom stereocenters. The molecular weight excluding hydrogens is 426 g/mol. The summed E-state index contributed by atoms with van der Waals surface area (Å²) < 4.78 is 36.8. The number of anilines is 1.